The zero-order valence-electron chi connectivity index (χ0n) is 12.5. The van der Waals surface area contributed by atoms with Gasteiger partial charge >= 0.3 is 0 Å². The van der Waals surface area contributed by atoms with Gasteiger partial charge in [-0.1, -0.05) is 12.1 Å². The summed E-state index contributed by atoms with van der Waals surface area (Å²) in [5.74, 6) is 1.16. The Bertz CT molecular complexity index is 786. The lowest BCUT2D eigenvalue weighted by Gasteiger charge is -2.31. The van der Waals surface area contributed by atoms with Gasteiger partial charge < -0.3 is 11.1 Å². The molecule has 0 unspecified atom stereocenters. The minimum Gasteiger partial charge on any atom is -0.366 e. The lowest BCUT2D eigenvalue weighted by Crippen LogP contribution is -2.35. The van der Waals surface area contributed by atoms with Crippen molar-refractivity contribution in [1.82, 2.24) is 9.97 Å². The van der Waals surface area contributed by atoms with Gasteiger partial charge in [0.15, 0.2) is 0 Å². The quantitative estimate of drug-likeness (QED) is 0.748. The monoisotopic (exact) mass is 333 g/mol. The van der Waals surface area contributed by atoms with Gasteiger partial charge in [0.2, 0.25) is 10.0 Å². The summed E-state index contributed by atoms with van der Waals surface area (Å²) in [6, 6.07) is 8.65. The fraction of sp³-hybridized carbons (Fsp3) is 0.333. The fourth-order valence-corrected chi connectivity index (χ4v) is 3.10. The van der Waals surface area contributed by atoms with Crippen molar-refractivity contribution in [2.75, 3.05) is 5.32 Å². The number of primary sulfonamides is 1. The van der Waals surface area contributed by atoms with E-state index in [9.17, 15) is 8.42 Å². The molecule has 1 heterocycles. The van der Waals surface area contributed by atoms with E-state index >= 15 is 0 Å². The van der Waals surface area contributed by atoms with Crippen molar-refractivity contribution in [3.05, 3.63) is 47.9 Å². The van der Waals surface area contributed by atoms with E-state index < -0.39 is 10.0 Å². The van der Waals surface area contributed by atoms with Crippen LogP contribution in [0.4, 0.5) is 5.82 Å². The van der Waals surface area contributed by atoms with Crippen LogP contribution in [0, 0.1) is 0 Å². The SMILES string of the molecule is NC1CC(c2cc(NCc3ccc(S(N)(=O)=O)cc3)ncn2)C1. The van der Waals surface area contributed by atoms with Gasteiger partial charge in [0.1, 0.15) is 12.1 Å². The van der Waals surface area contributed by atoms with Crippen molar-refractivity contribution in [2.24, 2.45) is 10.9 Å². The number of rotatable bonds is 5. The molecule has 1 saturated carbocycles. The number of benzene rings is 1. The van der Waals surface area contributed by atoms with Crippen LogP contribution in [0.2, 0.25) is 0 Å². The highest BCUT2D eigenvalue weighted by atomic mass is 32.2. The standard InChI is InChI=1S/C15H19N5O2S/c16-12-5-11(6-12)14-7-15(20-9-19-14)18-8-10-1-3-13(4-2-10)23(17,21)22/h1-4,7,9,11-12H,5-6,8,16H2,(H2,17,21,22)(H,18,19,20). The summed E-state index contributed by atoms with van der Waals surface area (Å²) in [5, 5.41) is 8.29. The first kappa shape index (κ1) is 15.9. The molecule has 3 rings (SSSR count). The van der Waals surface area contributed by atoms with Gasteiger partial charge in [0, 0.05) is 30.3 Å². The molecule has 1 fully saturated rings. The van der Waals surface area contributed by atoms with Crippen LogP contribution < -0.4 is 16.2 Å². The average Bonchev–Trinajstić information content (AvgIpc) is 2.50. The van der Waals surface area contributed by atoms with Crippen molar-refractivity contribution in [2.45, 2.75) is 36.2 Å². The molecular formula is C15H19N5O2S. The highest BCUT2D eigenvalue weighted by Crippen LogP contribution is 2.34. The summed E-state index contributed by atoms with van der Waals surface area (Å²) in [4.78, 5) is 8.61. The van der Waals surface area contributed by atoms with Gasteiger partial charge in [-0.2, -0.15) is 0 Å². The molecule has 2 aromatic rings. The van der Waals surface area contributed by atoms with Crippen LogP contribution in [0.1, 0.15) is 30.0 Å². The second-order valence-corrected chi connectivity index (χ2v) is 7.36. The van der Waals surface area contributed by atoms with Crippen LogP contribution in [-0.4, -0.2) is 24.4 Å². The smallest absolute Gasteiger partial charge is 0.238 e. The van der Waals surface area contributed by atoms with E-state index in [2.05, 4.69) is 15.3 Å². The number of anilines is 1. The van der Waals surface area contributed by atoms with Gasteiger partial charge in [0.25, 0.3) is 0 Å². The number of nitrogens with zero attached hydrogens (tertiary/aromatic N) is 2. The normalized spacial score (nSPS) is 20.8. The number of aromatic nitrogens is 2. The average molecular weight is 333 g/mol. The molecule has 0 saturated heterocycles. The maximum Gasteiger partial charge on any atom is 0.238 e. The van der Waals surface area contributed by atoms with E-state index in [0.717, 1.165) is 29.9 Å². The first-order valence-electron chi connectivity index (χ1n) is 7.35. The Labute approximate surface area is 135 Å². The molecule has 0 amide bonds. The Morgan fingerprint density at radius 1 is 1.17 bits per heavy atom. The number of sulfonamides is 1. The third-order valence-corrected chi connectivity index (χ3v) is 4.94. The van der Waals surface area contributed by atoms with Crippen molar-refractivity contribution in [3.8, 4) is 0 Å². The molecule has 23 heavy (non-hydrogen) atoms. The Hall–Kier alpha value is -2.03. The van der Waals surface area contributed by atoms with E-state index in [4.69, 9.17) is 10.9 Å². The van der Waals surface area contributed by atoms with Gasteiger partial charge in [0.05, 0.1) is 4.90 Å². The molecular weight excluding hydrogens is 314 g/mol. The van der Waals surface area contributed by atoms with Gasteiger partial charge in [-0.05, 0) is 30.5 Å². The second kappa shape index (κ2) is 6.23. The predicted molar refractivity (Wildman–Crippen MR) is 87.1 cm³/mol. The van der Waals surface area contributed by atoms with Crippen LogP contribution in [0.25, 0.3) is 0 Å². The maximum absolute atomic E-state index is 11.2. The molecule has 0 radical (unpaired) electrons. The Morgan fingerprint density at radius 3 is 2.48 bits per heavy atom. The molecule has 0 atom stereocenters. The molecule has 5 N–H and O–H groups in total. The molecule has 0 aliphatic heterocycles. The van der Waals surface area contributed by atoms with Crippen LogP contribution >= 0.6 is 0 Å². The molecule has 0 spiro atoms. The lowest BCUT2D eigenvalue weighted by molar-refractivity contribution is 0.345. The van der Waals surface area contributed by atoms with Crippen molar-refractivity contribution in [3.63, 3.8) is 0 Å². The second-order valence-electron chi connectivity index (χ2n) is 5.80. The minimum atomic E-state index is -3.65. The highest BCUT2D eigenvalue weighted by molar-refractivity contribution is 7.89. The molecule has 1 aromatic heterocycles. The van der Waals surface area contributed by atoms with E-state index in [1.54, 1.807) is 18.5 Å². The summed E-state index contributed by atoms with van der Waals surface area (Å²) < 4.78 is 22.4. The molecule has 1 aliphatic rings. The summed E-state index contributed by atoms with van der Waals surface area (Å²) in [5.41, 5.74) is 7.75. The maximum atomic E-state index is 11.2. The molecule has 8 heteroatoms. The van der Waals surface area contributed by atoms with Crippen LogP contribution in [-0.2, 0) is 16.6 Å². The summed E-state index contributed by atoms with van der Waals surface area (Å²) in [6.45, 7) is 0.533. The van der Waals surface area contributed by atoms with Crippen molar-refractivity contribution < 1.29 is 8.42 Å². The van der Waals surface area contributed by atoms with E-state index in [1.165, 1.54) is 12.1 Å². The van der Waals surface area contributed by atoms with Crippen LogP contribution in [0.15, 0.2) is 41.6 Å². The fourth-order valence-electron chi connectivity index (χ4n) is 2.59. The van der Waals surface area contributed by atoms with E-state index in [0.29, 0.717) is 12.5 Å². The Kier molecular flexibility index (Phi) is 4.29. The van der Waals surface area contributed by atoms with E-state index in [1.807, 2.05) is 6.07 Å². The Morgan fingerprint density at radius 2 is 1.87 bits per heavy atom. The lowest BCUT2D eigenvalue weighted by atomic mass is 9.79. The van der Waals surface area contributed by atoms with Gasteiger partial charge in [-0.3, -0.25) is 0 Å². The third kappa shape index (κ3) is 3.84. The molecule has 0 bridgehead atoms. The topological polar surface area (TPSA) is 124 Å². The third-order valence-electron chi connectivity index (χ3n) is 4.01. The first-order chi connectivity index (χ1) is 10.9. The summed E-state index contributed by atoms with van der Waals surface area (Å²) >= 11 is 0. The first-order valence-corrected chi connectivity index (χ1v) is 8.89. The van der Waals surface area contributed by atoms with Crippen molar-refractivity contribution in [1.29, 1.82) is 0 Å². The highest BCUT2D eigenvalue weighted by Gasteiger charge is 2.28. The summed E-state index contributed by atoms with van der Waals surface area (Å²) in [6.07, 6.45) is 3.47. The summed E-state index contributed by atoms with van der Waals surface area (Å²) in [7, 11) is -3.65. The molecule has 7 nitrogen and oxygen atoms in total. The zero-order chi connectivity index (χ0) is 16.4. The van der Waals surface area contributed by atoms with E-state index in [-0.39, 0.29) is 10.9 Å². The molecule has 1 aliphatic carbocycles. The number of nitrogens with one attached hydrogen (secondary N) is 1. The van der Waals surface area contributed by atoms with Crippen LogP contribution in [0.5, 0.6) is 0 Å². The zero-order valence-corrected chi connectivity index (χ0v) is 13.3. The van der Waals surface area contributed by atoms with Gasteiger partial charge in [-0.25, -0.2) is 23.5 Å². The van der Waals surface area contributed by atoms with Crippen molar-refractivity contribution >= 4 is 15.8 Å². The number of nitrogens with two attached hydrogens (primary N) is 2. The predicted octanol–water partition coefficient (Wildman–Crippen LogP) is 0.941. The molecule has 122 valence electrons. The molecule has 1 aromatic carbocycles. The minimum absolute atomic E-state index is 0.104. The Balaban J connectivity index is 1.63. The largest absolute Gasteiger partial charge is 0.366 e. The van der Waals surface area contributed by atoms with Crippen LogP contribution in [0.3, 0.4) is 0 Å². The van der Waals surface area contributed by atoms with Gasteiger partial charge in [-0.15, -0.1) is 0 Å². The number of hydrogen-bond donors (Lipinski definition) is 3. The number of hydrogen-bond acceptors (Lipinski definition) is 6.